The fourth-order valence-electron chi connectivity index (χ4n) is 2.04. The normalized spacial score (nSPS) is 9.83. The molecule has 0 saturated heterocycles. The number of benzene rings is 2. The van der Waals surface area contributed by atoms with Crippen LogP contribution in [0.1, 0.15) is 23.6 Å². The number of hydrogen-bond acceptors (Lipinski definition) is 2. The molecule has 2 aromatic carbocycles. The largest absolute Gasteiger partial charge is 0.240 e. The molecular formula is C16H15NO. The molecule has 0 atom stereocenters. The molecule has 0 radical (unpaired) electrons. The van der Waals surface area contributed by atoms with E-state index < -0.39 is 0 Å². The topological polar surface area (TPSA) is 29.4 Å². The molecule has 2 nitrogen and oxygen atoms in total. The summed E-state index contributed by atoms with van der Waals surface area (Å²) < 4.78 is 0. The van der Waals surface area contributed by atoms with Gasteiger partial charge in [0.1, 0.15) is 0 Å². The average molecular weight is 237 g/mol. The summed E-state index contributed by atoms with van der Waals surface area (Å²) in [5, 5.41) is 0. The van der Waals surface area contributed by atoms with Crippen LogP contribution in [0, 0.1) is 0 Å². The summed E-state index contributed by atoms with van der Waals surface area (Å²) in [5.74, 6) is 0. The third-order valence-electron chi connectivity index (χ3n) is 3.00. The van der Waals surface area contributed by atoms with Gasteiger partial charge in [-0.05, 0) is 41.7 Å². The van der Waals surface area contributed by atoms with Gasteiger partial charge < -0.3 is 0 Å². The predicted octanol–water partition coefficient (Wildman–Crippen LogP) is 3.81. The van der Waals surface area contributed by atoms with Crippen LogP contribution in [0.25, 0.3) is 0 Å². The highest BCUT2D eigenvalue weighted by atomic mass is 16.1. The van der Waals surface area contributed by atoms with E-state index in [9.17, 15) is 4.79 Å². The fourth-order valence-corrected chi connectivity index (χ4v) is 2.04. The molecule has 2 heteroatoms. The molecule has 0 spiro atoms. The van der Waals surface area contributed by atoms with Gasteiger partial charge in [0.15, 0.2) is 0 Å². The lowest BCUT2D eigenvalue weighted by Crippen LogP contribution is -1.93. The Morgan fingerprint density at radius 1 is 1.00 bits per heavy atom. The van der Waals surface area contributed by atoms with Gasteiger partial charge in [-0.1, -0.05) is 43.3 Å². The maximum Gasteiger partial charge on any atom is 0.240 e. The first kappa shape index (κ1) is 12.3. The second kappa shape index (κ2) is 5.95. The highest BCUT2D eigenvalue weighted by Crippen LogP contribution is 2.18. The summed E-state index contributed by atoms with van der Waals surface area (Å²) in [6.45, 7) is 2.17. The molecule has 0 aliphatic carbocycles. The summed E-state index contributed by atoms with van der Waals surface area (Å²) in [4.78, 5) is 13.7. The first-order valence-corrected chi connectivity index (χ1v) is 6.07. The molecule has 2 aromatic rings. The van der Waals surface area contributed by atoms with E-state index in [1.807, 2.05) is 24.3 Å². The zero-order valence-electron chi connectivity index (χ0n) is 10.4. The molecule has 0 fully saturated rings. The highest BCUT2D eigenvalue weighted by molar-refractivity contribution is 5.49. The van der Waals surface area contributed by atoms with E-state index in [4.69, 9.17) is 0 Å². The summed E-state index contributed by atoms with van der Waals surface area (Å²) in [7, 11) is 0. The molecule has 0 bridgehead atoms. The van der Waals surface area contributed by atoms with Crippen LogP contribution in [-0.4, -0.2) is 6.08 Å². The summed E-state index contributed by atoms with van der Waals surface area (Å²) in [6, 6.07) is 16.2. The Balaban J connectivity index is 2.20. The Kier molecular flexibility index (Phi) is 4.06. The summed E-state index contributed by atoms with van der Waals surface area (Å²) >= 11 is 0. The van der Waals surface area contributed by atoms with Gasteiger partial charge in [0.2, 0.25) is 6.08 Å². The molecule has 0 unspecified atom stereocenters. The molecule has 0 amide bonds. The van der Waals surface area contributed by atoms with Crippen molar-refractivity contribution in [2.45, 2.75) is 19.8 Å². The standard InChI is InChI=1S/C16H15NO/c1-2-14-5-3-4-6-15(14)11-13-7-9-16(10-8-13)17-12-18/h3-10H,2,11H2,1H3. The quantitative estimate of drug-likeness (QED) is 0.587. The second-order valence-electron chi connectivity index (χ2n) is 4.17. The Morgan fingerprint density at radius 2 is 1.67 bits per heavy atom. The van der Waals surface area contributed by atoms with Gasteiger partial charge in [0.25, 0.3) is 0 Å². The fraction of sp³-hybridized carbons (Fsp3) is 0.188. The van der Waals surface area contributed by atoms with Crippen LogP contribution < -0.4 is 0 Å². The molecular weight excluding hydrogens is 222 g/mol. The molecule has 0 aliphatic heterocycles. The third-order valence-corrected chi connectivity index (χ3v) is 3.00. The van der Waals surface area contributed by atoms with Crippen molar-refractivity contribution in [1.29, 1.82) is 0 Å². The number of nitrogens with zero attached hydrogens (tertiary/aromatic N) is 1. The van der Waals surface area contributed by atoms with Gasteiger partial charge >= 0.3 is 0 Å². The smallest absolute Gasteiger partial charge is 0.211 e. The number of isocyanates is 1. The molecule has 2 rings (SSSR count). The lowest BCUT2D eigenvalue weighted by Gasteiger charge is -2.07. The van der Waals surface area contributed by atoms with Crippen molar-refractivity contribution in [3.8, 4) is 0 Å². The molecule has 0 N–H and O–H groups in total. The molecule has 18 heavy (non-hydrogen) atoms. The Hall–Kier alpha value is -2.18. The van der Waals surface area contributed by atoms with E-state index in [-0.39, 0.29) is 0 Å². The van der Waals surface area contributed by atoms with Crippen LogP contribution in [0.4, 0.5) is 5.69 Å². The van der Waals surface area contributed by atoms with E-state index >= 15 is 0 Å². The minimum Gasteiger partial charge on any atom is -0.211 e. The number of aliphatic imine (C=N–C) groups is 1. The maximum atomic E-state index is 10.1. The summed E-state index contributed by atoms with van der Waals surface area (Å²) in [5.41, 5.74) is 4.61. The Labute approximate surface area is 107 Å². The maximum absolute atomic E-state index is 10.1. The van der Waals surface area contributed by atoms with Crippen LogP contribution in [0.3, 0.4) is 0 Å². The van der Waals surface area contributed by atoms with Crippen LogP contribution in [0.5, 0.6) is 0 Å². The lowest BCUT2D eigenvalue weighted by molar-refractivity contribution is 0.565. The minimum atomic E-state index is 0.650. The zero-order chi connectivity index (χ0) is 12.8. The molecule has 0 saturated carbocycles. The average Bonchev–Trinajstić information content (AvgIpc) is 2.42. The molecule has 0 aromatic heterocycles. The molecule has 90 valence electrons. The van der Waals surface area contributed by atoms with Gasteiger partial charge in [-0.15, -0.1) is 0 Å². The van der Waals surface area contributed by atoms with E-state index in [1.165, 1.54) is 16.7 Å². The van der Waals surface area contributed by atoms with Crippen molar-refractivity contribution in [2.24, 2.45) is 4.99 Å². The molecule has 0 aliphatic rings. The number of rotatable bonds is 4. The first-order chi connectivity index (χ1) is 8.83. The Bertz CT molecular complexity index is 566. The van der Waals surface area contributed by atoms with Gasteiger partial charge in [0.05, 0.1) is 5.69 Å². The van der Waals surface area contributed by atoms with Crippen LogP contribution in [0.15, 0.2) is 53.5 Å². The number of hydrogen-bond donors (Lipinski definition) is 0. The van der Waals surface area contributed by atoms with E-state index in [1.54, 1.807) is 6.08 Å². The van der Waals surface area contributed by atoms with Gasteiger partial charge in [-0.2, -0.15) is 4.99 Å². The van der Waals surface area contributed by atoms with E-state index in [0.29, 0.717) is 5.69 Å². The van der Waals surface area contributed by atoms with Crippen LogP contribution in [-0.2, 0) is 17.6 Å². The zero-order valence-corrected chi connectivity index (χ0v) is 10.4. The van der Waals surface area contributed by atoms with E-state index in [0.717, 1.165) is 12.8 Å². The minimum absolute atomic E-state index is 0.650. The van der Waals surface area contributed by atoms with Gasteiger partial charge in [-0.3, -0.25) is 0 Å². The van der Waals surface area contributed by atoms with Crippen molar-refractivity contribution in [3.05, 3.63) is 65.2 Å². The molecule has 0 heterocycles. The monoisotopic (exact) mass is 237 g/mol. The third kappa shape index (κ3) is 2.93. The Morgan fingerprint density at radius 3 is 2.28 bits per heavy atom. The van der Waals surface area contributed by atoms with Crippen LogP contribution in [0.2, 0.25) is 0 Å². The van der Waals surface area contributed by atoms with Crippen molar-refractivity contribution >= 4 is 11.8 Å². The second-order valence-corrected chi connectivity index (χ2v) is 4.17. The highest BCUT2D eigenvalue weighted by Gasteiger charge is 2.01. The first-order valence-electron chi connectivity index (χ1n) is 6.07. The SMILES string of the molecule is CCc1ccccc1Cc1ccc(N=C=O)cc1. The predicted molar refractivity (Wildman–Crippen MR) is 72.8 cm³/mol. The number of aryl methyl sites for hydroxylation is 1. The summed E-state index contributed by atoms with van der Waals surface area (Å²) in [6.07, 6.45) is 3.50. The lowest BCUT2D eigenvalue weighted by atomic mass is 9.98. The number of carbonyl (C=O) groups excluding carboxylic acids is 1. The van der Waals surface area contributed by atoms with Gasteiger partial charge in [-0.25, -0.2) is 4.79 Å². The van der Waals surface area contributed by atoms with Crippen molar-refractivity contribution in [2.75, 3.05) is 0 Å². The van der Waals surface area contributed by atoms with Crippen molar-refractivity contribution in [3.63, 3.8) is 0 Å². The van der Waals surface area contributed by atoms with Crippen molar-refractivity contribution < 1.29 is 4.79 Å². The van der Waals surface area contributed by atoms with Gasteiger partial charge in [0, 0.05) is 0 Å². The van der Waals surface area contributed by atoms with Crippen LogP contribution >= 0.6 is 0 Å². The van der Waals surface area contributed by atoms with Crippen molar-refractivity contribution in [1.82, 2.24) is 0 Å². The van der Waals surface area contributed by atoms with E-state index in [2.05, 4.69) is 36.2 Å².